The van der Waals surface area contributed by atoms with Crippen molar-refractivity contribution in [1.29, 1.82) is 0 Å². The number of halogens is 2. The van der Waals surface area contributed by atoms with Gasteiger partial charge in [0.25, 0.3) is 5.91 Å². The lowest BCUT2D eigenvalue weighted by atomic mass is 9.91. The van der Waals surface area contributed by atoms with Gasteiger partial charge in [0.15, 0.2) is 0 Å². The maximum atomic E-state index is 14.1. The summed E-state index contributed by atoms with van der Waals surface area (Å²) in [5, 5.41) is 7.17. The SMILES string of the molecule is CCNC(=O)[C@H](C)NC(=O)CN1C(=O)N[C@](C)(c2cc(F)ccc2F)C1=O. The van der Waals surface area contributed by atoms with Crippen molar-refractivity contribution in [2.24, 2.45) is 0 Å². The monoisotopic (exact) mass is 382 g/mol. The van der Waals surface area contributed by atoms with E-state index in [0.717, 1.165) is 18.2 Å². The highest BCUT2D eigenvalue weighted by molar-refractivity contribution is 6.09. The quantitative estimate of drug-likeness (QED) is 0.618. The summed E-state index contributed by atoms with van der Waals surface area (Å²) in [6, 6.07) is 0.752. The second-order valence-electron chi connectivity index (χ2n) is 6.25. The number of amides is 5. The zero-order valence-corrected chi connectivity index (χ0v) is 15.1. The van der Waals surface area contributed by atoms with Crippen LogP contribution in [0.15, 0.2) is 18.2 Å². The van der Waals surface area contributed by atoms with Crippen LogP contribution in [-0.2, 0) is 19.9 Å². The van der Waals surface area contributed by atoms with Gasteiger partial charge in [-0.2, -0.15) is 0 Å². The van der Waals surface area contributed by atoms with E-state index < -0.39 is 53.5 Å². The van der Waals surface area contributed by atoms with Crippen LogP contribution in [-0.4, -0.2) is 47.8 Å². The Balaban J connectivity index is 2.15. The summed E-state index contributed by atoms with van der Waals surface area (Å²) < 4.78 is 27.6. The summed E-state index contributed by atoms with van der Waals surface area (Å²) in [6.07, 6.45) is 0. The molecule has 8 nitrogen and oxygen atoms in total. The molecule has 0 radical (unpaired) electrons. The van der Waals surface area contributed by atoms with Gasteiger partial charge >= 0.3 is 6.03 Å². The third-order valence-electron chi connectivity index (χ3n) is 4.17. The van der Waals surface area contributed by atoms with Crippen LogP contribution in [0.1, 0.15) is 26.3 Å². The topological polar surface area (TPSA) is 108 Å². The summed E-state index contributed by atoms with van der Waals surface area (Å²) in [7, 11) is 0. The molecule has 1 aromatic carbocycles. The first-order valence-corrected chi connectivity index (χ1v) is 8.26. The average molecular weight is 382 g/mol. The Hall–Kier alpha value is -3.04. The van der Waals surface area contributed by atoms with E-state index in [9.17, 15) is 28.0 Å². The fourth-order valence-corrected chi connectivity index (χ4v) is 2.73. The van der Waals surface area contributed by atoms with E-state index in [1.54, 1.807) is 6.92 Å². The summed E-state index contributed by atoms with van der Waals surface area (Å²) in [4.78, 5) is 49.1. The molecule has 1 aromatic rings. The van der Waals surface area contributed by atoms with Crippen LogP contribution in [0.3, 0.4) is 0 Å². The molecule has 10 heteroatoms. The first-order valence-electron chi connectivity index (χ1n) is 8.26. The van der Waals surface area contributed by atoms with Gasteiger partial charge in [-0.3, -0.25) is 19.3 Å². The molecule has 0 aromatic heterocycles. The van der Waals surface area contributed by atoms with E-state index in [1.807, 2.05) is 0 Å². The lowest BCUT2D eigenvalue weighted by molar-refractivity contribution is -0.135. The molecular weight excluding hydrogens is 362 g/mol. The van der Waals surface area contributed by atoms with Gasteiger partial charge in [0, 0.05) is 12.1 Å². The van der Waals surface area contributed by atoms with E-state index >= 15 is 0 Å². The van der Waals surface area contributed by atoms with Crippen LogP contribution in [0.25, 0.3) is 0 Å². The minimum atomic E-state index is -1.85. The van der Waals surface area contributed by atoms with Crippen molar-refractivity contribution in [1.82, 2.24) is 20.9 Å². The van der Waals surface area contributed by atoms with E-state index in [2.05, 4.69) is 16.0 Å². The highest BCUT2D eigenvalue weighted by atomic mass is 19.1. The van der Waals surface area contributed by atoms with Gasteiger partial charge in [0.05, 0.1) is 0 Å². The number of hydrogen-bond acceptors (Lipinski definition) is 4. The molecule has 1 fully saturated rings. The first-order chi connectivity index (χ1) is 12.6. The van der Waals surface area contributed by atoms with Gasteiger partial charge in [-0.1, -0.05) is 0 Å². The maximum Gasteiger partial charge on any atom is 0.325 e. The van der Waals surface area contributed by atoms with Gasteiger partial charge in [0.2, 0.25) is 11.8 Å². The molecule has 2 rings (SSSR count). The Morgan fingerprint density at radius 3 is 2.59 bits per heavy atom. The Morgan fingerprint density at radius 1 is 1.30 bits per heavy atom. The standard InChI is InChI=1S/C17H20F2N4O4/c1-4-20-14(25)9(2)21-13(24)8-23-15(26)17(3,22-16(23)27)11-7-10(18)5-6-12(11)19/h5-7,9H,4,8H2,1-3H3,(H,20,25)(H,21,24)(H,22,27)/t9-,17+/m0/s1. The largest absolute Gasteiger partial charge is 0.355 e. The molecule has 27 heavy (non-hydrogen) atoms. The molecule has 1 saturated heterocycles. The Bertz CT molecular complexity index is 801. The van der Waals surface area contributed by atoms with Crippen LogP contribution >= 0.6 is 0 Å². The van der Waals surface area contributed by atoms with Crippen LogP contribution in [0.4, 0.5) is 13.6 Å². The minimum absolute atomic E-state index is 0.348. The smallest absolute Gasteiger partial charge is 0.325 e. The molecule has 1 aliphatic rings. The number of nitrogens with one attached hydrogen (secondary N) is 3. The minimum Gasteiger partial charge on any atom is -0.355 e. The van der Waals surface area contributed by atoms with Gasteiger partial charge in [-0.15, -0.1) is 0 Å². The van der Waals surface area contributed by atoms with Crippen LogP contribution in [0.2, 0.25) is 0 Å². The van der Waals surface area contributed by atoms with Gasteiger partial charge < -0.3 is 16.0 Å². The van der Waals surface area contributed by atoms with Crippen molar-refractivity contribution in [2.75, 3.05) is 13.1 Å². The first kappa shape index (κ1) is 20.3. The molecule has 0 spiro atoms. The number of imide groups is 1. The Labute approximate surface area is 154 Å². The number of urea groups is 1. The van der Waals surface area contributed by atoms with Crippen molar-refractivity contribution in [2.45, 2.75) is 32.4 Å². The molecule has 1 heterocycles. The van der Waals surface area contributed by atoms with Crippen LogP contribution in [0.5, 0.6) is 0 Å². The zero-order valence-electron chi connectivity index (χ0n) is 15.1. The molecule has 0 saturated carbocycles. The van der Waals surface area contributed by atoms with Crippen molar-refractivity contribution < 1.29 is 28.0 Å². The number of hydrogen-bond donors (Lipinski definition) is 3. The average Bonchev–Trinajstić information content (AvgIpc) is 2.81. The molecule has 146 valence electrons. The molecule has 2 atom stereocenters. The highest BCUT2D eigenvalue weighted by Gasteiger charge is 2.50. The van der Waals surface area contributed by atoms with E-state index in [4.69, 9.17) is 0 Å². The number of rotatable bonds is 6. The predicted molar refractivity (Wildman–Crippen MR) is 90.2 cm³/mol. The zero-order chi connectivity index (χ0) is 20.4. The Kier molecular flexibility index (Phi) is 5.77. The lowest BCUT2D eigenvalue weighted by Gasteiger charge is -2.23. The second kappa shape index (κ2) is 7.68. The van der Waals surface area contributed by atoms with Crippen molar-refractivity contribution in [3.63, 3.8) is 0 Å². The fourth-order valence-electron chi connectivity index (χ4n) is 2.73. The number of nitrogens with zero attached hydrogens (tertiary/aromatic N) is 1. The Morgan fingerprint density at radius 2 is 1.96 bits per heavy atom. The van der Waals surface area contributed by atoms with Crippen molar-refractivity contribution >= 4 is 23.8 Å². The predicted octanol–water partition coefficient (Wildman–Crippen LogP) is 0.373. The van der Waals surface area contributed by atoms with Crippen LogP contribution < -0.4 is 16.0 Å². The van der Waals surface area contributed by atoms with Gasteiger partial charge in [0.1, 0.15) is 29.8 Å². The van der Waals surface area contributed by atoms with Crippen molar-refractivity contribution in [3.05, 3.63) is 35.4 Å². The number of benzene rings is 1. The van der Waals surface area contributed by atoms with E-state index in [0.29, 0.717) is 11.4 Å². The molecule has 0 unspecified atom stereocenters. The number of likely N-dealkylation sites (N-methyl/N-ethyl adjacent to an activating group) is 1. The summed E-state index contributed by atoms with van der Waals surface area (Å²) in [5.74, 6) is -3.72. The van der Waals surface area contributed by atoms with Gasteiger partial charge in [-0.25, -0.2) is 13.6 Å². The molecule has 3 N–H and O–H groups in total. The third kappa shape index (κ3) is 4.04. The molecule has 5 amide bonds. The maximum absolute atomic E-state index is 14.1. The third-order valence-corrected chi connectivity index (χ3v) is 4.17. The van der Waals surface area contributed by atoms with E-state index in [-0.39, 0.29) is 5.56 Å². The summed E-state index contributed by atoms with van der Waals surface area (Å²) in [5.41, 5.74) is -2.20. The molecular formula is C17H20F2N4O4. The van der Waals surface area contributed by atoms with E-state index in [1.165, 1.54) is 13.8 Å². The normalized spacial score (nSPS) is 20.3. The summed E-state index contributed by atoms with van der Waals surface area (Å²) in [6.45, 7) is 4.10. The molecule has 0 bridgehead atoms. The molecule has 1 aliphatic heterocycles. The fraction of sp³-hybridized carbons (Fsp3) is 0.412. The number of carbonyl (C=O) groups excluding carboxylic acids is 4. The second-order valence-corrected chi connectivity index (χ2v) is 6.25. The molecule has 0 aliphatic carbocycles. The van der Waals surface area contributed by atoms with Crippen LogP contribution in [0, 0.1) is 11.6 Å². The van der Waals surface area contributed by atoms with Crippen molar-refractivity contribution in [3.8, 4) is 0 Å². The highest BCUT2D eigenvalue weighted by Crippen LogP contribution is 2.31. The summed E-state index contributed by atoms with van der Waals surface area (Å²) >= 11 is 0. The van der Waals surface area contributed by atoms with Gasteiger partial charge in [-0.05, 0) is 39.0 Å². The number of carbonyl (C=O) groups is 4. The lowest BCUT2D eigenvalue weighted by Crippen LogP contribution is -2.49.